The van der Waals surface area contributed by atoms with Crippen molar-refractivity contribution in [1.82, 2.24) is 4.98 Å². The van der Waals surface area contributed by atoms with Crippen LogP contribution >= 0.6 is 0 Å². The van der Waals surface area contributed by atoms with Gasteiger partial charge < -0.3 is 9.84 Å². The number of anilines is 1. The second-order valence-corrected chi connectivity index (χ2v) is 8.01. The van der Waals surface area contributed by atoms with Crippen LogP contribution in [0, 0.1) is 5.92 Å². The predicted molar refractivity (Wildman–Crippen MR) is 121 cm³/mol. The first-order valence-corrected chi connectivity index (χ1v) is 10.8. The van der Waals surface area contributed by atoms with Crippen molar-refractivity contribution in [2.45, 2.75) is 32.1 Å². The molecule has 166 valence electrons. The van der Waals surface area contributed by atoms with Crippen molar-refractivity contribution < 1.29 is 24.3 Å². The summed E-state index contributed by atoms with van der Waals surface area (Å²) in [7, 11) is 1.56. The number of pyridine rings is 1. The summed E-state index contributed by atoms with van der Waals surface area (Å²) in [5.74, 6) is -0.120. The molecule has 7 heteroatoms. The quantitative estimate of drug-likeness (QED) is 0.496. The van der Waals surface area contributed by atoms with Gasteiger partial charge in [-0.25, -0.2) is 4.79 Å². The Balaban J connectivity index is 1.63. The SMILES string of the molecule is COc1cccc(C(=O)N(OCCC2CCCC2)c2ccc3cc(C(=O)O)cnc3c2)c1. The number of hydrogen-bond acceptors (Lipinski definition) is 5. The lowest BCUT2D eigenvalue weighted by Crippen LogP contribution is -2.32. The number of fused-ring (bicyclic) bond motifs is 1. The van der Waals surface area contributed by atoms with Crippen LogP contribution in [0.5, 0.6) is 5.75 Å². The Morgan fingerprint density at radius 1 is 1.09 bits per heavy atom. The molecular formula is C25H26N2O5. The number of aromatic carboxylic acids is 1. The lowest BCUT2D eigenvalue weighted by Gasteiger charge is -2.23. The molecule has 0 saturated heterocycles. The molecule has 1 saturated carbocycles. The molecule has 32 heavy (non-hydrogen) atoms. The van der Waals surface area contributed by atoms with Gasteiger partial charge in [0.15, 0.2) is 0 Å². The Kier molecular flexibility index (Phi) is 6.66. The molecule has 1 aliphatic carbocycles. The number of aromatic nitrogens is 1. The number of ether oxygens (including phenoxy) is 1. The minimum atomic E-state index is -1.03. The van der Waals surface area contributed by atoms with Crippen molar-refractivity contribution in [3.05, 3.63) is 65.9 Å². The summed E-state index contributed by atoms with van der Waals surface area (Å²) in [5, 5.41) is 11.2. The molecule has 0 unspecified atom stereocenters. The fourth-order valence-electron chi connectivity index (χ4n) is 4.09. The monoisotopic (exact) mass is 434 g/mol. The predicted octanol–water partition coefficient (Wildman–Crippen LogP) is 5.10. The first kappa shape index (κ1) is 21.8. The van der Waals surface area contributed by atoms with Crippen LogP contribution in [0.4, 0.5) is 5.69 Å². The molecule has 1 aliphatic rings. The zero-order chi connectivity index (χ0) is 22.5. The third-order valence-electron chi connectivity index (χ3n) is 5.87. The van der Waals surface area contributed by atoms with Crippen molar-refractivity contribution in [1.29, 1.82) is 0 Å². The summed E-state index contributed by atoms with van der Waals surface area (Å²) in [4.78, 5) is 34.9. The molecule has 0 aliphatic heterocycles. The Bertz CT molecular complexity index is 1120. The highest BCUT2D eigenvalue weighted by Gasteiger charge is 2.22. The highest BCUT2D eigenvalue weighted by Crippen LogP contribution is 2.29. The van der Waals surface area contributed by atoms with E-state index in [1.165, 1.54) is 36.9 Å². The molecule has 7 nitrogen and oxygen atoms in total. The van der Waals surface area contributed by atoms with E-state index < -0.39 is 5.97 Å². The number of methoxy groups -OCH3 is 1. The normalized spacial score (nSPS) is 13.9. The van der Waals surface area contributed by atoms with Crippen molar-refractivity contribution in [2.75, 3.05) is 18.8 Å². The van der Waals surface area contributed by atoms with Crippen LogP contribution in [0.1, 0.15) is 52.8 Å². The zero-order valence-corrected chi connectivity index (χ0v) is 18.0. The average molecular weight is 434 g/mol. The molecule has 3 aromatic rings. The van der Waals surface area contributed by atoms with E-state index in [4.69, 9.17) is 9.57 Å². The van der Waals surface area contributed by atoms with Gasteiger partial charge in [-0.3, -0.25) is 14.6 Å². The standard InChI is InChI=1S/C25H26N2O5/c1-31-22-8-4-7-19(14-22)24(28)27(32-12-11-17-5-2-3-6-17)21-10-9-18-13-20(25(29)30)16-26-23(18)15-21/h4,7-10,13-17H,2-3,5-6,11-12H2,1H3,(H,29,30). The van der Waals surface area contributed by atoms with Gasteiger partial charge in [0.2, 0.25) is 0 Å². The highest BCUT2D eigenvalue weighted by molar-refractivity contribution is 6.05. The molecule has 0 atom stereocenters. The minimum Gasteiger partial charge on any atom is -0.497 e. The topological polar surface area (TPSA) is 89.0 Å². The van der Waals surface area contributed by atoms with Crippen LogP contribution in [-0.4, -0.2) is 35.7 Å². The first-order chi connectivity index (χ1) is 15.5. The Hall–Kier alpha value is -3.45. The van der Waals surface area contributed by atoms with E-state index in [-0.39, 0.29) is 11.5 Å². The number of rotatable bonds is 8. The van der Waals surface area contributed by atoms with Crippen molar-refractivity contribution >= 4 is 28.5 Å². The van der Waals surface area contributed by atoms with Crippen LogP contribution in [0.2, 0.25) is 0 Å². The van der Waals surface area contributed by atoms with E-state index in [1.807, 2.05) is 0 Å². The number of amides is 1. The first-order valence-electron chi connectivity index (χ1n) is 10.8. The number of hydrogen-bond donors (Lipinski definition) is 1. The van der Waals surface area contributed by atoms with E-state index >= 15 is 0 Å². The maximum atomic E-state index is 13.4. The Labute approximate surface area is 186 Å². The van der Waals surface area contributed by atoms with Crippen LogP contribution in [-0.2, 0) is 4.84 Å². The summed E-state index contributed by atoms with van der Waals surface area (Å²) in [6.07, 6.45) is 7.13. The fourth-order valence-corrected chi connectivity index (χ4v) is 4.09. The van der Waals surface area contributed by atoms with Gasteiger partial charge >= 0.3 is 5.97 Å². The van der Waals surface area contributed by atoms with Crippen LogP contribution in [0.25, 0.3) is 10.9 Å². The van der Waals surface area contributed by atoms with E-state index in [2.05, 4.69) is 4.98 Å². The average Bonchev–Trinajstić information content (AvgIpc) is 3.34. The number of carboxylic acids is 1. The maximum Gasteiger partial charge on any atom is 0.337 e. The second-order valence-electron chi connectivity index (χ2n) is 8.01. The smallest absolute Gasteiger partial charge is 0.337 e. The lowest BCUT2D eigenvalue weighted by molar-refractivity contribution is 0.0612. The van der Waals surface area contributed by atoms with Gasteiger partial charge in [0.1, 0.15) is 5.75 Å². The summed E-state index contributed by atoms with van der Waals surface area (Å²) in [5.41, 5.74) is 1.67. The summed E-state index contributed by atoms with van der Waals surface area (Å²) < 4.78 is 5.26. The molecule has 0 radical (unpaired) electrons. The third kappa shape index (κ3) is 4.89. The third-order valence-corrected chi connectivity index (χ3v) is 5.87. The van der Waals surface area contributed by atoms with Crippen molar-refractivity contribution in [2.24, 2.45) is 5.92 Å². The molecule has 1 amide bonds. The Morgan fingerprint density at radius 2 is 1.91 bits per heavy atom. The fraction of sp³-hybridized carbons (Fsp3) is 0.320. The number of nitrogens with zero attached hydrogens (tertiary/aromatic N) is 2. The van der Waals surface area contributed by atoms with Crippen LogP contribution in [0.3, 0.4) is 0 Å². The largest absolute Gasteiger partial charge is 0.497 e. The van der Waals surface area contributed by atoms with E-state index in [0.717, 1.165) is 6.42 Å². The highest BCUT2D eigenvalue weighted by atomic mass is 16.7. The van der Waals surface area contributed by atoms with Gasteiger partial charge in [0.05, 0.1) is 30.5 Å². The number of carboxylic acid groups (broad SMARTS) is 1. The van der Waals surface area contributed by atoms with E-state index in [0.29, 0.717) is 40.4 Å². The summed E-state index contributed by atoms with van der Waals surface area (Å²) in [6, 6.07) is 13.7. The molecule has 4 rings (SSSR count). The minimum absolute atomic E-state index is 0.113. The molecule has 1 aromatic heterocycles. The second kappa shape index (κ2) is 9.78. The van der Waals surface area contributed by atoms with Gasteiger partial charge in [0.25, 0.3) is 5.91 Å². The van der Waals surface area contributed by atoms with Gasteiger partial charge in [-0.1, -0.05) is 37.8 Å². The van der Waals surface area contributed by atoms with Crippen molar-refractivity contribution in [3.8, 4) is 5.75 Å². The number of carbonyl (C=O) groups is 2. The maximum absolute atomic E-state index is 13.4. The molecule has 0 spiro atoms. The number of carbonyl (C=O) groups excluding carboxylic acids is 1. The summed E-state index contributed by atoms with van der Waals surface area (Å²) in [6.45, 7) is 0.434. The summed E-state index contributed by atoms with van der Waals surface area (Å²) >= 11 is 0. The van der Waals surface area contributed by atoms with Gasteiger partial charge in [-0.15, -0.1) is 0 Å². The van der Waals surface area contributed by atoms with Crippen molar-refractivity contribution in [3.63, 3.8) is 0 Å². The zero-order valence-electron chi connectivity index (χ0n) is 18.0. The molecule has 1 heterocycles. The molecular weight excluding hydrogens is 408 g/mol. The van der Waals surface area contributed by atoms with Gasteiger partial charge in [-0.2, -0.15) is 5.06 Å². The number of hydroxylamine groups is 1. The van der Waals surface area contributed by atoms with E-state index in [9.17, 15) is 14.7 Å². The molecule has 1 N–H and O–H groups in total. The molecule has 0 bridgehead atoms. The number of benzene rings is 2. The van der Waals surface area contributed by atoms with Crippen LogP contribution < -0.4 is 9.80 Å². The van der Waals surface area contributed by atoms with Gasteiger partial charge in [0, 0.05) is 17.1 Å². The van der Waals surface area contributed by atoms with Crippen LogP contribution in [0.15, 0.2) is 54.7 Å². The van der Waals surface area contributed by atoms with Gasteiger partial charge in [-0.05, 0) is 48.7 Å². The molecule has 2 aromatic carbocycles. The lowest BCUT2D eigenvalue weighted by atomic mass is 10.1. The molecule has 1 fully saturated rings. The van der Waals surface area contributed by atoms with E-state index in [1.54, 1.807) is 55.6 Å². The Morgan fingerprint density at radius 3 is 2.66 bits per heavy atom.